The maximum absolute atomic E-state index is 12.2. The van der Waals surface area contributed by atoms with Crippen LogP contribution in [0.15, 0.2) is 78.9 Å². The zero-order valence-corrected chi connectivity index (χ0v) is 14.9. The molecule has 27 heavy (non-hydrogen) atoms. The van der Waals surface area contributed by atoms with Crippen molar-refractivity contribution in [3.05, 3.63) is 84.4 Å². The summed E-state index contributed by atoms with van der Waals surface area (Å²) in [6.45, 7) is 1.87. The summed E-state index contributed by atoms with van der Waals surface area (Å²) in [4.78, 5) is 27.1. The Hall–Kier alpha value is -3.80. The second-order valence-electron chi connectivity index (χ2n) is 5.99. The van der Waals surface area contributed by atoms with Crippen molar-refractivity contribution in [1.82, 2.24) is 0 Å². The number of anilines is 4. The molecule has 0 saturated heterocycles. The monoisotopic (exact) mass is 360 g/mol. The second-order valence-corrected chi connectivity index (χ2v) is 5.99. The van der Waals surface area contributed by atoms with Crippen LogP contribution >= 0.6 is 0 Å². The first-order valence-corrected chi connectivity index (χ1v) is 8.39. The van der Waals surface area contributed by atoms with Crippen LogP contribution < -0.4 is 21.3 Å². The quantitative estimate of drug-likeness (QED) is 0.720. The molecule has 0 aliphatic rings. The van der Waals surface area contributed by atoms with Gasteiger partial charge >= 0.3 is 12.1 Å². The fourth-order valence-electron chi connectivity index (χ4n) is 2.92. The molecule has 0 radical (unpaired) electrons. The smallest absolute Gasteiger partial charge is 0.323 e. The highest BCUT2D eigenvalue weighted by atomic mass is 16.2. The van der Waals surface area contributed by atoms with Gasteiger partial charge in [0.15, 0.2) is 0 Å². The number of urea groups is 2. The zero-order valence-electron chi connectivity index (χ0n) is 14.9. The van der Waals surface area contributed by atoms with E-state index in [1.807, 2.05) is 49.4 Å². The highest BCUT2D eigenvalue weighted by Gasteiger charge is 2.21. The average molecular weight is 360 g/mol. The number of carbonyl (C=O) groups is 2. The molecule has 6 nitrogen and oxygen atoms in total. The molecule has 4 N–H and O–H groups in total. The van der Waals surface area contributed by atoms with E-state index in [0.717, 1.165) is 5.56 Å². The number of aryl methyl sites for hydroxylation is 1. The van der Waals surface area contributed by atoms with Crippen LogP contribution in [0, 0.1) is 6.92 Å². The highest BCUT2D eigenvalue weighted by molar-refractivity contribution is 6.02. The molecule has 136 valence electrons. The summed E-state index contributed by atoms with van der Waals surface area (Å²) in [5.41, 5.74) is 14.5. The number of benzene rings is 3. The van der Waals surface area contributed by atoms with Gasteiger partial charge in [-0.05, 0) is 48.9 Å². The van der Waals surface area contributed by atoms with Gasteiger partial charge in [0, 0.05) is 0 Å². The van der Waals surface area contributed by atoms with Crippen LogP contribution in [0.5, 0.6) is 0 Å². The van der Waals surface area contributed by atoms with E-state index < -0.39 is 12.1 Å². The zero-order chi connectivity index (χ0) is 19.4. The van der Waals surface area contributed by atoms with Crippen molar-refractivity contribution in [3.63, 3.8) is 0 Å². The largest absolute Gasteiger partial charge is 0.351 e. The molecule has 3 aromatic rings. The van der Waals surface area contributed by atoms with Crippen LogP contribution in [0.4, 0.5) is 32.3 Å². The number of hydrogen-bond donors (Lipinski definition) is 2. The summed E-state index contributed by atoms with van der Waals surface area (Å²) in [6.07, 6.45) is 0. The van der Waals surface area contributed by atoms with E-state index in [-0.39, 0.29) is 0 Å². The molecular weight excluding hydrogens is 340 g/mol. The molecule has 3 aromatic carbocycles. The standard InChI is InChI=1S/C21H20N4O2/c1-15-12-13-18(24(20(22)26)16-8-4-2-5-9-16)14-19(15)25(21(23)27)17-10-6-3-7-11-17/h2-14H,1H3,(H2,22,26)(H2,23,27). The Morgan fingerprint density at radius 1 is 0.667 bits per heavy atom. The molecule has 0 atom stereocenters. The van der Waals surface area contributed by atoms with Crippen molar-refractivity contribution in [2.24, 2.45) is 11.5 Å². The van der Waals surface area contributed by atoms with Crippen molar-refractivity contribution in [2.45, 2.75) is 6.92 Å². The third-order valence-electron chi connectivity index (χ3n) is 4.16. The molecule has 0 aliphatic heterocycles. The number of para-hydroxylation sites is 2. The van der Waals surface area contributed by atoms with Gasteiger partial charge in [-0.1, -0.05) is 42.5 Å². The molecule has 3 rings (SSSR count). The topological polar surface area (TPSA) is 92.7 Å². The van der Waals surface area contributed by atoms with Crippen molar-refractivity contribution < 1.29 is 9.59 Å². The van der Waals surface area contributed by atoms with Crippen LogP contribution in [-0.2, 0) is 0 Å². The summed E-state index contributed by atoms with van der Waals surface area (Å²) in [6, 6.07) is 22.2. The summed E-state index contributed by atoms with van der Waals surface area (Å²) >= 11 is 0. The van der Waals surface area contributed by atoms with Crippen molar-refractivity contribution >= 4 is 34.8 Å². The Morgan fingerprint density at radius 2 is 1.15 bits per heavy atom. The van der Waals surface area contributed by atoms with Crippen LogP contribution in [0.25, 0.3) is 0 Å². The number of rotatable bonds is 4. The SMILES string of the molecule is Cc1ccc(N(C(N)=O)c2ccccc2)cc1N(C(N)=O)c1ccccc1. The Bertz CT molecular complexity index is 958. The number of amides is 4. The lowest BCUT2D eigenvalue weighted by Crippen LogP contribution is -2.33. The van der Waals surface area contributed by atoms with E-state index >= 15 is 0 Å². The summed E-state index contributed by atoms with van der Waals surface area (Å²) in [5.74, 6) is 0. The molecule has 6 heteroatoms. The van der Waals surface area contributed by atoms with Gasteiger partial charge < -0.3 is 11.5 Å². The van der Waals surface area contributed by atoms with E-state index in [1.165, 1.54) is 9.80 Å². The fraction of sp³-hybridized carbons (Fsp3) is 0.0476. The lowest BCUT2D eigenvalue weighted by atomic mass is 10.1. The molecule has 0 aliphatic carbocycles. The first-order chi connectivity index (χ1) is 13.0. The lowest BCUT2D eigenvalue weighted by molar-refractivity contribution is 0.255. The first kappa shape index (κ1) is 18.0. The predicted octanol–water partition coefficient (Wildman–Crippen LogP) is 4.43. The van der Waals surface area contributed by atoms with Crippen LogP contribution in [0.3, 0.4) is 0 Å². The maximum atomic E-state index is 12.2. The Kier molecular flexibility index (Phi) is 5.08. The minimum absolute atomic E-state index is 0.538. The second kappa shape index (κ2) is 7.61. The summed E-state index contributed by atoms with van der Waals surface area (Å²) < 4.78 is 0. The first-order valence-electron chi connectivity index (χ1n) is 8.39. The van der Waals surface area contributed by atoms with E-state index in [0.29, 0.717) is 22.7 Å². The highest BCUT2D eigenvalue weighted by Crippen LogP contribution is 2.34. The third-order valence-corrected chi connectivity index (χ3v) is 4.16. The Morgan fingerprint density at radius 3 is 1.63 bits per heavy atom. The number of nitrogens with two attached hydrogens (primary N) is 2. The number of hydrogen-bond acceptors (Lipinski definition) is 2. The van der Waals surface area contributed by atoms with Gasteiger partial charge in [0.1, 0.15) is 0 Å². The minimum atomic E-state index is -0.624. The molecular formula is C21H20N4O2. The molecule has 0 fully saturated rings. The molecule has 4 amide bonds. The van der Waals surface area contributed by atoms with Gasteiger partial charge in [-0.3, -0.25) is 9.80 Å². The molecule has 0 unspecified atom stereocenters. The number of primary amides is 2. The van der Waals surface area contributed by atoms with Crippen LogP contribution in [0.2, 0.25) is 0 Å². The lowest BCUT2D eigenvalue weighted by Gasteiger charge is -2.26. The van der Waals surface area contributed by atoms with Gasteiger partial charge in [-0.2, -0.15) is 0 Å². The minimum Gasteiger partial charge on any atom is -0.351 e. The molecule has 0 spiro atoms. The van der Waals surface area contributed by atoms with Crippen LogP contribution in [-0.4, -0.2) is 12.1 Å². The fourth-order valence-corrected chi connectivity index (χ4v) is 2.92. The van der Waals surface area contributed by atoms with Gasteiger partial charge in [0.25, 0.3) is 0 Å². The molecule has 0 aromatic heterocycles. The average Bonchev–Trinajstić information content (AvgIpc) is 2.66. The number of carbonyl (C=O) groups excluding carboxylic acids is 2. The van der Waals surface area contributed by atoms with Crippen molar-refractivity contribution in [2.75, 3.05) is 9.80 Å². The summed E-state index contributed by atoms with van der Waals surface area (Å²) in [5, 5.41) is 0. The predicted molar refractivity (Wildman–Crippen MR) is 108 cm³/mol. The van der Waals surface area contributed by atoms with Crippen molar-refractivity contribution in [1.29, 1.82) is 0 Å². The normalized spacial score (nSPS) is 10.3. The number of nitrogens with zero attached hydrogens (tertiary/aromatic N) is 2. The van der Waals surface area contributed by atoms with E-state index in [4.69, 9.17) is 11.5 Å². The van der Waals surface area contributed by atoms with Gasteiger partial charge in [0.05, 0.1) is 22.7 Å². The third kappa shape index (κ3) is 3.74. The van der Waals surface area contributed by atoms with Crippen molar-refractivity contribution in [3.8, 4) is 0 Å². The summed E-state index contributed by atoms with van der Waals surface area (Å²) in [7, 11) is 0. The van der Waals surface area contributed by atoms with Gasteiger partial charge in [-0.15, -0.1) is 0 Å². The maximum Gasteiger partial charge on any atom is 0.323 e. The van der Waals surface area contributed by atoms with E-state index in [1.54, 1.807) is 36.4 Å². The van der Waals surface area contributed by atoms with E-state index in [9.17, 15) is 9.59 Å². The molecule has 0 saturated carbocycles. The van der Waals surface area contributed by atoms with Crippen LogP contribution in [0.1, 0.15) is 5.56 Å². The molecule has 0 bridgehead atoms. The van der Waals surface area contributed by atoms with Gasteiger partial charge in [0.2, 0.25) is 0 Å². The molecule has 0 heterocycles. The Labute approximate surface area is 157 Å². The Balaban J connectivity index is 2.13. The van der Waals surface area contributed by atoms with E-state index in [2.05, 4.69) is 0 Å². The van der Waals surface area contributed by atoms with Gasteiger partial charge in [-0.25, -0.2) is 9.59 Å².